The third kappa shape index (κ3) is 3.90. The summed E-state index contributed by atoms with van der Waals surface area (Å²) in [4.78, 5) is 18.7. The summed E-state index contributed by atoms with van der Waals surface area (Å²) in [5.41, 5.74) is 2.33. The Kier molecular flexibility index (Phi) is 4.98. The average molecular weight is 376 g/mol. The van der Waals surface area contributed by atoms with Crippen LogP contribution in [0.1, 0.15) is 17.3 Å². The molecule has 0 aliphatic heterocycles. The van der Waals surface area contributed by atoms with E-state index in [1.165, 1.54) is 0 Å². The molecule has 0 fully saturated rings. The van der Waals surface area contributed by atoms with Gasteiger partial charge in [-0.2, -0.15) is 5.10 Å². The van der Waals surface area contributed by atoms with Crippen molar-refractivity contribution in [2.45, 2.75) is 13.5 Å². The van der Waals surface area contributed by atoms with Gasteiger partial charge in [0, 0.05) is 30.9 Å². The number of carbonyl (C=O) groups excluding carboxylic acids is 1. The number of para-hydroxylation sites is 1. The van der Waals surface area contributed by atoms with Gasteiger partial charge in [0.2, 0.25) is 0 Å². The number of rotatable bonds is 6. The summed E-state index contributed by atoms with van der Waals surface area (Å²) >= 11 is 1.62. The Morgan fingerprint density at radius 3 is 2.89 bits per heavy atom. The van der Waals surface area contributed by atoms with E-state index in [-0.39, 0.29) is 11.8 Å². The molecule has 1 amide bonds. The van der Waals surface area contributed by atoms with Crippen LogP contribution in [0.3, 0.4) is 0 Å². The number of pyridine rings is 1. The minimum Gasteiger partial charge on any atom is -0.352 e. The van der Waals surface area contributed by atoms with Crippen LogP contribution >= 0.6 is 11.3 Å². The van der Waals surface area contributed by atoms with Crippen molar-refractivity contribution in [3.63, 3.8) is 0 Å². The largest absolute Gasteiger partial charge is 0.352 e. The molecule has 0 bridgehead atoms. The fraction of sp³-hybridized carbons (Fsp3) is 0.190. The number of hydrogen-bond donors (Lipinski definition) is 1. The molecule has 1 atom stereocenters. The lowest BCUT2D eigenvalue weighted by atomic mass is 10.1. The van der Waals surface area contributed by atoms with Gasteiger partial charge in [-0.15, -0.1) is 11.3 Å². The number of benzene rings is 1. The Bertz CT molecular complexity index is 1040. The molecular formula is C21H20N4OS. The predicted molar refractivity (Wildman–Crippen MR) is 109 cm³/mol. The van der Waals surface area contributed by atoms with Crippen molar-refractivity contribution in [3.05, 3.63) is 71.9 Å². The maximum Gasteiger partial charge on any atom is 0.252 e. The first-order valence-corrected chi connectivity index (χ1v) is 9.78. The van der Waals surface area contributed by atoms with E-state index in [4.69, 9.17) is 4.98 Å². The first kappa shape index (κ1) is 17.4. The summed E-state index contributed by atoms with van der Waals surface area (Å²) in [6.07, 6.45) is 3.70. The molecule has 136 valence electrons. The molecule has 3 heterocycles. The Labute approximate surface area is 161 Å². The second-order valence-electron chi connectivity index (χ2n) is 6.59. The zero-order valence-electron chi connectivity index (χ0n) is 15.0. The van der Waals surface area contributed by atoms with Crippen molar-refractivity contribution < 1.29 is 4.79 Å². The van der Waals surface area contributed by atoms with Crippen LogP contribution in [0.5, 0.6) is 0 Å². The van der Waals surface area contributed by atoms with Crippen LogP contribution in [-0.4, -0.2) is 27.2 Å². The van der Waals surface area contributed by atoms with Crippen LogP contribution in [0.2, 0.25) is 0 Å². The lowest BCUT2D eigenvalue weighted by Gasteiger charge is -2.14. The van der Waals surface area contributed by atoms with Gasteiger partial charge in [-0.3, -0.25) is 9.48 Å². The number of fused-ring (bicyclic) bond motifs is 1. The van der Waals surface area contributed by atoms with E-state index >= 15 is 0 Å². The molecule has 0 spiro atoms. The first-order valence-electron chi connectivity index (χ1n) is 8.90. The highest BCUT2D eigenvalue weighted by Gasteiger charge is 2.15. The average Bonchev–Trinajstić information content (AvgIpc) is 3.39. The highest BCUT2D eigenvalue weighted by molar-refractivity contribution is 7.13. The number of nitrogens with zero attached hydrogens (tertiary/aromatic N) is 3. The lowest BCUT2D eigenvalue weighted by Crippen LogP contribution is -2.30. The highest BCUT2D eigenvalue weighted by atomic mass is 32.1. The van der Waals surface area contributed by atoms with E-state index in [0.717, 1.165) is 28.0 Å². The van der Waals surface area contributed by atoms with Gasteiger partial charge in [-0.1, -0.05) is 31.2 Å². The van der Waals surface area contributed by atoms with Crippen LogP contribution in [-0.2, 0) is 6.54 Å². The smallest absolute Gasteiger partial charge is 0.252 e. The van der Waals surface area contributed by atoms with Crippen LogP contribution in [0, 0.1) is 5.92 Å². The molecule has 4 aromatic rings. The molecule has 4 rings (SSSR count). The number of aromatic nitrogens is 3. The Morgan fingerprint density at radius 2 is 2.11 bits per heavy atom. The van der Waals surface area contributed by atoms with Crippen molar-refractivity contribution in [3.8, 4) is 10.6 Å². The predicted octanol–water partition coefficient (Wildman–Crippen LogP) is 4.23. The molecule has 3 aromatic heterocycles. The van der Waals surface area contributed by atoms with Crippen LogP contribution in [0.25, 0.3) is 21.5 Å². The van der Waals surface area contributed by atoms with Crippen LogP contribution in [0.15, 0.2) is 66.3 Å². The normalized spacial score (nSPS) is 12.2. The summed E-state index contributed by atoms with van der Waals surface area (Å²) in [5.74, 6) is 0.206. The van der Waals surface area contributed by atoms with Gasteiger partial charge in [0.15, 0.2) is 0 Å². The molecule has 27 heavy (non-hydrogen) atoms. The molecule has 1 aromatic carbocycles. The van der Waals surface area contributed by atoms with E-state index in [0.29, 0.717) is 12.1 Å². The quantitative estimate of drug-likeness (QED) is 0.548. The van der Waals surface area contributed by atoms with Gasteiger partial charge in [0.1, 0.15) is 0 Å². The second-order valence-corrected chi connectivity index (χ2v) is 7.54. The second kappa shape index (κ2) is 7.72. The fourth-order valence-corrected chi connectivity index (χ4v) is 3.75. The Morgan fingerprint density at radius 1 is 1.22 bits per heavy atom. The first-order chi connectivity index (χ1) is 13.2. The van der Waals surface area contributed by atoms with Crippen molar-refractivity contribution in [1.29, 1.82) is 0 Å². The van der Waals surface area contributed by atoms with Crippen LogP contribution in [0.4, 0.5) is 0 Å². The molecule has 1 unspecified atom stereocenters. The Hall–Kier alpha value is -2.99. The van der Waals surface area contributed by atoms with Gasteiger partial charge < -0.3 is 5.32 Å². The Balaban J connectivity index is 1.57. The van der Waals surface area contributed by atoms with Crippen LogP contribution < -0.4 is 5.32 Å². The molecule has 6 heteroatoms. The molecule has 0 saturated heterocycles. The van der Waals surface area contributed by atoms with E-state index < -0.39 is 0 Å². The zero-order chi connectivity index (χ0) is 18.6. The third-order valence-corrected chi connectivity index (χ3v) is 5.30. The molecule has 1 N–H and O–H groups in total. The third-order valence-electron chi connectivity index (χ3n) is 4.40. The topological polar surface area (TPSA) is 59.8 Å². The van der Waals surface area contributed by atoms with Gasteiger partial charge in [-0.25, -0.2) is 4.98 Å². The summed E-state index contributed by atoms with van der Waals surface area (Å²) in [6, 6.07) is 15.6. The van der Waals surface area contributed by atoms with E-state index in [1.807, 2.05) is 64.8 Å². The standard InChI is InChI=1S/C21H20N4OS/c1-15(14-25-10-5-9-23-25)13-22-21(26)17-12-19(20-8-4-11-27-20)24-18-7-3-2-6-16(17)18/h2-12,15H,13-14H2,1H3,(H,22,26). The summed E-state index contributed by atoms with van der Waals surface area (Å²) in [7, 11) is 0. The van der Waals surface area contributed by atoms with Crippen molar-refractivity contribution >= 4 is 28.1 Å². The van der Waals surface area contributed by atoms with E-state index in [1.54, 1.807) is 17.5 Å². The minimum absolute atomic E-state index is 0.0706. The molecule has 5 nitrogen and oxygen atoms in total. The van der Waals surface area contributed by atoms with Gasteiger partial charge in [-0.05, 0) is 35.6 Å². The van der Waals surface area contributed by atoms with Crippen molar-refractivity contribution in [2.75, 3.05) is 6.54 Å². The number of nitrogens with one attached hydrogen (secondary N) is 1. The van der Waals surface area contributed by atoms with Gasteiger partial charge in [0.05, 0.1) is 21.7 Å². The molecule has 0 radical (unpaired) electrons. The SMILES string of the molecule is CC(CNC(=O)c1cc(-c2cccs2)nc2ccccc12)Cn1cccn1. The number of thiophene rings is 1. The highest BCUT2D eigenvalue weighted by Crippen LogP contribution is 2.27. The summed E-state index contributed by atoms with van der Waals surface area (Å²) < 4.78 is 1.88. The number of carbonyl (C=O) groups is 1. The molecule has 0 saturated carbocycles. The van der Waals surface area contributed by atoms with Crippen molar-refractivity contribution in [1.82, 2.24) is 20.1 Å². The fourth-order valence-electron chi connectivity index (χ4n) is 3.07. The van der Waals surface area contributed by atoms with E-state index in [9.17, 15) is 4.79 Å². The molecular weight excluding hydrogens is 356 g/mol. The monoisotopic (exact) mass is 376 g/mol. The lowest BCUT2D eigenvalue weighted by molar-refractivity contribution is 0.0948. The summed E-state index contributed by atoms with van der Waals surface area (Å²) in [5, 5.41) is 10.2. The van der Waals surface area contributed by atoms with Gasteiger partial charge in [0.25, 0.3) is 5.91 Å². The van der Waals surface area contributed by atoms with Gasteiger partial charge >= 0.3 is 0 Å². The number of amides is 1. The van der Waals surface area contributed by atoms with Crippen molar-refractivity contribution in [2.24, 2.45) is 5.92 Å². The molecule has 0 aliphatic carbocycles. The molecule has 0 aliphatic rings. The maximum atomic E-state index is 12.9. The summed E-state index contributed by atoms with van der Waals surface area (Å²) in [6.45, 7) is 3.46. The maximum absolute atomic E-state index is 12.9. The number of hydrogen-bond acceptors (Lipinski definition) is 4. The minimum atomic E-state index is -0.0706. The zero-order valence-corrected chi connectivity index (χ0v) is 15.8. The van der Waals surface area contributed by atoms with E-state index in [2.05, 4.69) is 17.3 Å².